The molecule has 5 nitrogen and oxygen atoms in total. The van der Waals surface area contributed by atoms with Crippen molar-refractivity contribution in [3.05, 3.63) is 52.0 Å². The Hall–Kier alpha value is -2.56. The van der Waals surface area contributed by atoms with E-state index >= 15 is 0 Å². The van der Waals surface area contributed by atoms with Gasteiger partial charge in [-0.05, 0) is 62.3 Å². The van der Waals surface area contributed by atoms with Gasteiger partial charge in [0, 0.05) is 47.1 Å². The average Bonchev–Trinajstić information content (AvgIpc) is 3.16. The third kappa shape index (κ3) is 2.05. The van der Waals surface area contributed by atoms with Crippen LogP contribution in [0.2, 0.25) is 0 Å². The van der Waals surface area contributed by atoms with Crippen LogP contribution in [0.4, 0.5) is 0 Å². The van der Waals surface area contributed by atoms with Crippen molar-refractivity contribution in [2.45, 2.75) is 51.5 Å². The van der Waals surface area contributed by atoms with Crippen LogP contribution in [0.5, 0.6) is 0 Å². The number of benzene rings is 1. The van der Waals surface area contributed by atoms with Crippen LogP contribution in [0.25, 0.3) is 10.9 Å². The van der Waals surface area contributed by atoms with Crippen LogP contribution in [-0.2, 0) is 18.4 Å². The summed E-state index contributed by atoms with van der Waals surface area (Å²) in [4.78, 5) is 18.6. The zero-order valence-electron chi connectivity index (χ0n) is 15.9. The predicted molar refractivity (Wildman–Crippen MR) is 104 cm³/mol. The van der Waals surface area contributed by atoms with Crippen molar-refractivity contribution in [3.8, 4) is 0 Å². The number of aromatic amines is 2. The molecule has 3 fully saturated rings. The summed E-state index contributed by atoms with van der Waals surface area (Å²) in [5, 5.41) is 9.08. The molecule has 0 saturated heterocycles. The van der Waals surface area contributed by atoms with Crippen molar-refractivity contribution in [2.24, 2.45) is 5.92 Å². The largest absolute Gasteiger partial charge is 0.351 e. The van der Waals surface area contributed by atoms with Crippen LogP contribution in [0.3, 0.4) is 0 Å². The maximum absolute atomic E-state index is 13.2. The first-order chi connectivity index (χ1) is 13.0. The Morgan fingerprint density at radius 2 is 2.04 bits per heavy atom. The molecule has 3 aromatic rings. The first-order valence-electron chi connectivity index (χ1n) is 9.98. The number of nitrogens with zero attached hydrogens (tertiary/aromatic N) is 2. The summed E-state index contributed by atoms with van der Waals surface area (Å²) in [6, 6.07) is 6.29. The van der Waals surface area contributed by atoms with Gasteiger partial charge in [0.25, 0.3) is 5.91 Å². The van der Waals surface area contributed by atoms with Gasteiger partial charge in [0.2, 0.25) is 0 Å². The van der Waals surface area contributed by atoms with Gasteiger partial charge in [-0.15, -0.1) is 0 Å². The summed E-state index contributed by atoms with van der Waals surface area (Å²) < 4.78 is 0. The Morgan fingerprint density at radius 1 is 1.22 bits per heavy atom. The molecule has 2 N–H and O–H groups in total. The van der Waals surface area contributed by atoms with Gasteiger partial charge in [0.1, 0.15) is 5.69 Å². The van der Waals surface area contributed by atoms with Gasteiger partial charge in [0.05, 0.1) is 5.69 Å². The maximum atomic E-state index is 13.2. The highest BCUT2D eigenvalue weighted by atomic mass is 16.2. The first kappa shape index (κ1) is 15.5. The fraction of sp³-hybridized carbons (Fsp3) is 0.455. The van der Waals surface area contributed by atoms with Crippen LogP contribution in [0.1, 0.15) is 57.8 Å². The van der Waals surface area contributed by atoms with Crippen molar-refractivity contribution >= 4 is 16.8 Å². The van der Waals surface area contributed by atoms with Gasteiger partial charge in [-0.1, -0.05) is 6.07 Å². The fourth-order valence-electron chi connectivity index (χ4n) is 5.56. The number of H-pyrrole nitrogens is 2. The maximum Gasteiger partial charge on any atom is 0.270 e. The normalized spacial score (nSPS) is 25.9. The van der Waals surface area contributed by atoms with Crippen LogP contribution in [0.15, 0.2) is 18.2 Å². The highest BCUT2D eigenvalue weighted by Gasteiger charge is 2.59. The highest BCUT2D eigenvalue weighted by Crippen LogP contribution is 2.65. The second kappa shape index (κ2) is 5.03. The summed E-state index contributed by atoms with van der Waals surface area (Å²) >= 11 is 0. The summed E-state index contributed by atoms with van der Waals surface area (Å²) in [7, 11) is 0. The minimum Gasteiger partial charge on any atom is -0.351 e. The summed E-state index contributed by atoms with van der Waals surface area (Å²) in [6.45, 7) is 5.62. The summed E-state index contributed by atoms with van der Waals surface area (Å²) in [5.74, 6) is 1.02. The minimum absolute atomic E-state index is 0.0960. The van der Waals surface area contributed by atoms with Crippen molar-refractivity contribution < 1.29 is 4.79 Å². The van der Waals surface area contributed by atoms with Crippen molar-refractivity contribution in [1.29, 1.82) is 0 Å². The van der Waals surface area contributed by atoms with Crippen LogP contribution in [-0.4, -0.2) is 32.5 Å². The average molecular weight is 360 g/mol. The third-order valence-corrected chi connectivity index (χ3v) is 7.08. The van der Waals surface area contributed by atoms with E-state index in [1.54, 1.807) is 0 Å². The lowest BCUT2D eigenvalue weighted by Crippen LogP contribution is -2.56. The molecule has 3 aliphatic carbocycles. The number of aromatic nitrogens is 3. The summed E-state index contributed by atoms with van der Waals surface area (Å²) in [5.41, 5.74) is 8.27. The van der Waals surface area contributed by atoms with Crippen LogP contribution in [0, 0.1) is 19.8 Å². The molecule has 3 saturated carbocycles. The number of aryl methyl sites for hydroxylation is 2. The molecule has 0 radical (unpaired) electrons. The van der Waals surface area contributed by atoms with Gasteiger partial charge in [0.15, 0.2) is 0 Å². The number of rotatable bonds is 2. The number of amides is 1. The Labute approximate surface area is 158 Å². The van der Waals surface area contributed by atoms with E-state index in [0.29, 0.717) is 17.7 Å². The molecule has 1 amide bonds. The van der Waals surface area contributed by atoms with E-state index in [1.165, 1.54) is 47.3 Å². The molecular weight excluding hydrogens is 336 g/mol. The molecule has 5 heteroatoms. The minimum atomic E-state index is 0.0960. The van der Waals surface area contributed by atoms with Crippen LogP contribution < -0.4 is 0 Å². The number of carbonyl (C=O) groups is 1. The lowest BCUT2D eigenvalue weighted by atomic mass is 9.43. The van der Waals surface area contributed by atoms with Gasteiger partial charge < -0.3 is 9.88 Å². The molecule has 0 unspecified atom stereocenters. The molecule has 0 spiro atoms. The SMILES string of the molecule is Cc1cc(C)c2cc(C(=O)N3CCc4[nH]nc(C56CC(C5)C6)c4C3)[nH]c2c1. The number of nitrogens with one attached hydrogen (secondary N) is 2. The Morgan fingerprint density at radius 3 is 2.78 bits per heavy atom. The van der Waals surface area contributed by atoms with E-state index in [4.69, 9.17) is 0 Å². The lowest BCUT2D eigenvalue weighted by Gasteiger charge is -2.61. The number of hydrogen-bond donors (Lipinski definition) is 2. The number of fused-ring (bicyclic) bond motifs is 2. The zero-order chi connectivity index (χ0) is 18.3. The first-order valence-corrected chi connectivity index (χ1v) is 9.98. The monoisotopic (exact) mass is 360 g/mol. The second-order valence-electron chi connectivity index (χ2n) is 8.99. The van der Waals surface area contributed by atoms with Gasteiger partial charge in [-0.25, -0.2) is 0 Å². The zero-order valence-corrected chi connectivity index (χ0v) is 15.9. The molecule has 4 aliphatic rings. The molecule has 7 rings (SSSR count). The highest BCUT2D eigenvalue weighted by molar-refractivity contribution is 5.99. The molecule has 138 valence electrons. The molecule has 27 heavy (non-hydrogen) atoms. The van der Waals surface area contributed by atoms with E-state index in [-0.39, 0.29) is 5.91 Å². The Bertz CT molecular complexity index is 1090. The fourth-order valence-corrected chi connectivity index (χ4v) is 5.56. The van der Waals surface area contributed by atoms with Gasteiger partial charge in [-0.2, -0.15) is 5.10 Å². The van der Waals surface area contributed by atoms with E-state index in [1.807, 2.05) is 11.0 Å². The van der Waals surface area contributed by atoms with E-state index < -0.39 is 0 Å². The molecular formula is C22H24N4O. The molecule has 3 heterocycles. The summed E-state index contributed by atoms with van der Waals surface area (Å²) in [6.07, 6.45) is 4.74. The smallest absolute Gasteiger partial charge is 0.270 e. The van der Waals surface area contributed by atoms with Crippen molar-refractivity contribution in [1.82, 2.24) is 20.1 Å². The number of hydrogen-bond acceptors (Lipinski definition) is 2. The Kier molecular flexibility index (Phi) is 2.89. The quantitative estimate of drug-likeness (QED) is 0.731. The van der Waals surface area contributed by atoms with E-state index in [2.05, 4.69) is 41.2 Å². The van der Waals surface area contributed by atoms with E-state index in [9.17, 15) is 4.79 Å². The van der Waals surface area contributed by atoms with Gasteiger partial charge >= 0.3 is 0 Å². The molecule has 0 atom stereocenters. The molecule has 1 aromatic carbocycles. The van der Waals surface area contributed by atoms with Crippen molar-refractivity contribution in [3.63, 3.8) is 0 Å². The van der Waals surface area contributed by atoms with Gasteiger partial charge in [-0.3, -0.25) is 9.89 Å². The standard InChI is InChI=1S/C22H24N4O/c1-12-5-13(2)15-7-19(23-18(15)6-12)21(27)26-4-3-17-16(11-26)20(25-24-17)22-8-14(9-22)10-22/h5-7,14,23H,3-4,8-11H2,1-2H3,(H,24,25). The molecule has 2 aromatic heterocycles. The Balaban J connectivity index is 1.32. The topological polar surface area (TPSA) is 64.8 Å². The van der Waals surface area contributed by atoms with Crippen molar-refractivity contribution in [2.75, 3.05) is 6.54 Å². The van der Waals surface area contributed by atoms with Crippen LogP contribution >= 0.6 is 0 Å². The van der Waals surface area contributed by atoms with E-state index in [0.717, 1.165) is 29.8 Å². The number of carbonyl (C=O) groups excluding carboxylic acids is 1. The molecule has 2 bridgehead atoms. The second-order valence-corrected chi connectivity index (χ2v) is 8.99. The third-order valence-electron chi connectivity index (χ3n) is 7.08. The molecule has 1 aliphatic heterocycles. The lowest BCUT2D eigenvalue weighted by molar-refractivity contribution is -0.0320. The predicted octanol–water partition coefficient (Wildman–Crippen LogP) is 3.76.